The lowest BCUT2D eigenvalue weighted by molar-refractivity contribution is -0.159. The highest BCUT2D eigenvalue weighted by molar-refractivity contribution is 5.81. The minimum atomic E-state index is -1.71. The van der Waals surface area contributed by atoms with Gasteiger partial charge in [0.05, 0.1) is 5.69 Å². The number of carbonyl (C=O) groups is 1. The number of aromatic nitrogens is 2. The summed E-state index contributed by atoms with van der Waals surface area (Å²) in [5.41, 5.74) is 0.554. The summed E-state index contributed by atoms with van der Waals surface area (Å²) in [6.07, 6.45) is 2.97. The van der Waals surface area contributed by atoms with Gasteiger partial charge in [0.25, 0.3) is 0 Å². The van der Waals surface area contributed by atoms with Gasteiger partial charge in [0, 0.05) is 24.2 Å². The van der Waals surface area contributed by atoms with Gasteiger partial charge in [-0.2, -0.15) is 5.10 Å². The Morgan fingerprint density at radius 2 is 2.25 bits per heavy atom. The fourth-order valence-electron chi connectivity index (χ4n) is 2.60. The van der Waals surface area contributed by atoms with Gasteiger partial charge < -0.3 is 10.2 Å². The highest BCUT2D eigenvalue weighted by atomic mass is 16.4. The molecule has 0 aliphatic heterocycles. The molecule has 0 aromatic carbocycles. The highest BCUT2D eigenvalue weighted by Gasteiger charge is 2.50. The molecule has 0 spiro atoms. The molecule has 1 aromatic heterocycles. The monoisotopic (exact) mass is 222 g/mol. The van der Waals surface area contributed by atoms with E-state index in [0.717, 1.165) is 24.2 Å². The number of rotatable bonds is 2. The lowest BCUT2D eigenvalue weighted by Crippen LogP contribution is -2.33. The summed E-state index contributed by atoms with van der Waals surface area (Å²) < 4.78 is 1.73. The number of hydrogen-bond acceptors (Lipinski definition) is 3. The van der Waals surface area contributed by atoms with E-state index in [4.69, 9.17) is 5.11 Å². The second-order valence-corrected chi connectivity index (χ2v) is 4.77. The molecule has 16 heavy (non-hydrogen) atoms. The predicted molar refractivity (Wildman–Crippen MR) is 55.0 cm³/mol. The van der Waals surface area contributed by atoms with Crippen molar-refractivity contribution >= 4 is 5.97 Å². The fraction of sp³-hybridized carbons (Fsp3) is 0.636. The number of aryl methyl sites for hydroxylation is 1. The molecule has 1 saturated carbocycles. The Bertz CT molecular complexity index is 476. The average Bonchev–Trinajstić information content (AvgIpc) is 2.92. The van der Waals surface area contributed by atoms with Crippen molar-refractivity contribution in [2.24, 2.45) is 7.05 Å². The second kappa shape index (κ2) is 2.85. The zero-order valence-electron chi connectivity index (χ0n) is 9.10. The van der Waals surface area contributed by atoms with E-state index in [1.807, 2.05) is 7.05 Å². The summed E-state index contributed by atoms with van der Waals surface area (Å²) in [7, 11) is 1.82. The summed E-state index contributed by atoms with van der Waals surface area (Å²) >= 11 is 0. The molecule has 0 amide bonds. The van der Waals surface area contributed by atoms with Crippen molar-refractivity contribution in [1.82, 2.24) is 9.78 Å². The molecule has 2 aliphatic rings. The normalized spacial score (nSPS) is 28.1. The fourth-order valence-corrected chi connectivity index (χ4v) is 2.60. The van der Waals surface area contributed by atoms with E-state index in [1.54, 1.807) is 4.68 Å². The first-order chi connectivity index (χ1) is 7.54. The summed E-state index contributed by atoms with van der Waals surface area (Å²) in [6, 6.07) is 0. The highest BCUT2D eigenvalue weighted by Crippen LogP contribution is 2.48. The molecule has 1 heterocycles. The molecule has 2 aliphatic carbocycles. The molecule has 1 atom stereocenters. The number of aliphatic hydroxyl groups is 1. The van der Waals surface area contributed by atoms with Crippen LogP contribution >= 0.6 is 0 Å². The van der Waals surface area contributed by atoms with Gasteiger partial charge in [-0.25, -0.2) is 4.79 Å². The molecule has 1 fully saturated rings. The van der Waals surface area contributed by atoms with E-state index in [0.29, 0.717) is 17.9 Å². The Morgan fingerprint density at radius 1 is 1.56 bits per heavy atom. The molecule has 0 radical (unpaired) electrons. The number of carboxylic acid groups (broad SMARTS) is 1. The Hall–Kier alpha value is -1.36. The lowest BCUT2D eigenvalue weighted by Gasteiger charge is -2.18. The Morgan fingerprint density at radius 3 is 2.81 bits per heavy atom. The van der Waals surface area contributed by atoms with E-state index in [-0.39, 0.29) is 6.42 Å². The van der Waals surface area contributed by atoms with Crippen LogP contribution in [0, 0.1) is 0 Å². The van der Waals surface area contributed by atoms with Gasteiger partial charge in [-0.15, -0.1) is 0 Å². The zero-order chi connectivity index (χ0) is 11.5. The van der Waals surface area contributed by atoms with Gasteiger partial charge in [0.1, 0.15) is 0 Å². The van der Waals surface area contributed by atoms with Gasteiger partial charge in [-0.05, 0) is 25.7 Å². The van der Waals surface area contributed by atoms with Gasteiger partial charge in [0.2, 0.25) is 0 Å². The topological polar surface area (TPSA) is 75.3 Å². The maximum absolute atomic E-state index is 11.2. The number of fused-ring (bicyclic) bond motifs is 1. The van der Waals surface area contributed by atoms with Gasteiger partial charge in [-0.3, -0.25) is 4.68 Å². The summed E-state index contributed by atoms with van der Waals surface area (Å²) in [4.78, 5) is 11.2. The van der Waals surface area contributed by atoms with Crippen LogP contribution in [-0.4, -0.2) is 26.0 Å². The van der Waals surface area contributed by atoms with Crippen LogP contribution in [0.5, 0.6) is 0 Å². The van der Waals surface area contributed by atoms with Crippen LogP contribution in [0.3, 0.4) is 0 Å². The molecular weight excluding hydrogens is 208 g/mol. The van der Waals surface area contributed by atoms with Crippen LogP contribution in [-0.2, 0) is 23.9 Å². The molecule has 1 aromatic rings. The Balaban J connectivity index is 2.19. The van der Waals surface area contributed by atoms with Crippen LogP contribution in [0.2, 0.25) is 0 Å². The van der Waals surface area contributed by atoms with Crippen molar-refractivity contribution in [2.75, 3.05) is 0 Å². The SMILES string of the molecule is Cn1nc(C2CC2)c2c1CCC2(O)C(=O)O. The molecule has 3 rings (SSSR count). The van der Waals surface area contributed by atoms with Crippen molar-refractivity contribution in [2.45, 2.75) is 37.2 Å². The minimum Gasteiger partial charge on any atom is -0.479 e. The average molecular weight is 222 g/mol. The van der Waals surface area contributed by atoms with Crippen LogP contribution in [0.25, 0.3) is 0 Å². The molecule has 0 bridgehead atoms. The first-order valence-electron chi connectivity index (χ1n) is 5.56. The second-order valence-electron chi connectivity index (χ2n) is 4.77. The van der Waals surface area contributed by atoms with Crippen molar-refractivity contribution in [3.05, 3.63) is 17.0 Å². The smallest absolute Gasteiger partial charge is 0.340 e. The number of hydrogen-bond donors (Lipinski definition) is 2. The lowest BCUT2D eigenvalue weighted by atomic mass is 9.94. The van der Waals surface area contributed by atoms with Crippen LogP contribution in [0.1, 0.15) is 42.1 Å². The third-order valence-electron chi connectivity index (χ3n) is 3.65. The number of carboxylic acids is 1. The van der Waals surface area contributed by atoms with E-state index in [9.17, 15) is 9.90 Å². The van der Waals surface area contributed by atoms with Crippen LogP contribution in [0.4, 0.5) is 0 Å². The van der Waals surface area contributed by atoms with Crippen molar-refractivity contribution < 1.29 is 15.0 Å². The van der Waals surface area contributed by atoms with E-state index < -0.39 is 11.6 Å². The predicted octanol–water partition coefficient (Wildman–Crippen LogP) is 0.516. The van der Waals surface area contributed by atoms with Gasteiger partial charge in [-0.1, -0.05) is 0 Å². The third-order valence-corrected chi connectivity index (χ3v) is 3.65. The summed E-state index contributed by atoms with van der Waals surface area (Å²) in [5, 5.41) is 23.8. The molecule has 5 nitrogen and oxygen atoms in total. The number of nitrogens with zero attached hydrogens (tertiary/aromatic N) is 2. The van der Waals surface area contributed by atoms with Crippen LogP contribution < -0.4 is 0 Å². The molecule has 86 valence electrons. The van der Waals surface area contributed by atoms with Crippen molar-refractivity contribution in [1.29, 1.82) is 0 Å². The quantitative estimate of drug-likeness (QED) is 0.764. The largest absolute Gasteiger partial charge is 0.479 e. The maximum atomic E-state index is 11.2. The molecular formula is C11H14N2O3. The van der Waals surface area contributed by atoms with E-state index in [2.05, 4.69) is 5.10 Å². The number of aliphatic carboxylic acids is 1. The molecule has 2 N–H and O–H groups in total. The maximum Gasteiger partial charge on any atom is 0.340 e. The Kier molecular flexibility index (Phi) is 1.75. The zero-order valence-corrected chi connectivity index (χ0v) is 9.10. The first kappa shape index (κ1) is 9.84. The third kappa shape index (κ3) is 1.09. The van der Waals surface area contributed by atoms with E-state index in [1.165, 1.54) is 0 Å². The molecule has 0 saturated heterocycles. The Labute approximate surface area is 92.7 Å². The van der Waals surface area contributed by atoms with Gasteiger partial charge in [0.15, 0.2) is 5.60 Å². The summed E-state index contributed by atoms with van der Waals surface area (Å²) in [6.45, 7) is 0. The molecule has 1 unspecified atom stereocenters. The standard InChI is InChI=1S/C11H14N2O3/c1-13-7-4-5-11(16,10(14)15)8(7)9(12-13)6-2-3-6/h6,16H,2-5H2,1H3,(H,14,15). The van der Waals surface area contributed by atoms with E-state index >= 15 is 0 Å². The summed E-state index contributed by atoms with van der Waals surface area (Å²) in [5.74, 6) is -0.792. The van der Waals surface area contributed by atoms with Gasteiger partial charge >= 0.3 is 5.97 Å². The first-order valence-corrected chi connectivity index (χ1v) is 5.56. The van der Waals surface area contributed by atoms with Crippen molar-refractivity contribution in [3.8, 4) is 0 Å². The van der Waals surface area contributed by atoms with Crippen LogP contribution in [0.15, 0.2) is 0 Å². The minimum absolute atomic E-state index is 0.267. The molecule has 5 heteroatoms. The van der Waals surface area contributed by atoms with Crippen molar-refractivity contribution in [3.63, 3.8) is 0 Å².